The second-order valence-electron chi connectivity index (χ2n) is 6.61. The molecular formula is C16H20ClN3O3S. The fraction of sp³-hybridized carbons (Fsp3) is 0.562. The summed E-state index contributed by atoms with van der Waals surface area (Å²) in [7, 11) is -1.46. The number of nitrogens with zero attached hydrogens (tertiary/aromatic N) is 3. The molecular weight excluding hydrogens is 350 g/mol. The molecule has 6 nitrogen and oxygen atoms in total. The highest BCUT2D eigenvalue weighted by Crippen LogP contribution is 2.33. The molecule has 2 heterocycles. The van der Waals surface area contributed by atoms with Crippen LogP contribution in [0.2, 0.25) is 5.02 Å². The summed E-state index contributed by atoms with van der Waals surface area (Å²) in [4.78, 5) is 6.54. The predicted molar refractivity (Wildman–Crippen MR) is 94.0 cm³/mol. The van der Waals surface area contributed by atoms with E-state index in [0.29, 0.717) is 23.2 Å². The Kier molecular flexibility index (Phi) is 3.97. The van der Waals surface area contributed by atoms with Gasteiger partial charge in [-0.05, 0) is 37.8 Å². The molecule has 2 fully saturated rings. The topological polar surface area (TPSA) is 66.7 Å². The van der Waals surface area contributed by atoms with Crippen molar-refractivity contribution in [1.29, 1.82) is 0 Å². The van der Waals surface area contributed by atoms with Crippen LogP contribution >= 0.6 is 11.6 Å². The summed E-state index contributed by atoms with van der Waals surface area (Å²) >= 11 is 5.99. The molecule has 0 amide bonds. The van der Waals surface area contributed by atoms with E-state index in [4.69, 9.17) is 16.0 Å². The molecule has 24 heavy (non-hydrogen) atoms. The zero-order chi connectivity index (χ0) is 16.9. The van der Waals surface area contributed by atoms with Crippen molar-refractivity contribution in [3.8, 4) is 0 Å². The number of aromatic nitrogens is 1. The molecule has 2 aromatic rings. The molecule has 1 aromatic carbocycles. The van der Waals surface area contributed by atoms with Crippen LogP contribution in [-0.2, 0) is 10.0 Å². The van der Waals surface area contributed by atoms with Gasteiger partial charge in [0.05, 0.1) is 5.25 Å². The molecule has 0 N–H and O–H groups in total. The van der Waals surface area contributed by atoms with Gasteiger partial charge < -0.3 is 9.32 Å². The number of anilines is 1. The van der Waals surface area contributed by atoms with E-state index in [1.165, 1.54) is 0 Å². The van der Waals surface area contributed by atoms with Crippen LogP contribution in [0.4, 0.5) is 6.01 Å². The number of hydrogen-bond donors (Lipinski definition) is 0. The molecule has 1 aliphatic carbocycles. The lowest BCUT2D eigenvalue weighted by Crippen LogP contribution is -2.49. The number of benzene rings is 1. The number of oxazole rings is 1. The molecule has 1 atom stereocenters. The molecule has 1 aromatic heterocycles. The lowest BCUT2D eigenvalue weighted by molar-refractivity contribution is 0.313. The van der Waals surface area contributed by atoms with Crippen LogP contribution < -0.4 is 4.90 Å². The lowest BCUT2D eigenvalue weighted by atomic mass is 10.1. The van der Waals surface area contributed by atoms with Crippen LogP contribution in [0, 0.1) is 0 Å². The van der Waals surface area contributed by atoms with Crippen molar-refractivity contribution in [2.24, 2.45) is 0 Å². The third-order valence-electron chi connectivity index (χ3n) is 4.87. The minimum atomic E-state index is -3.16. The lowest BCUT2D eigenvalue weighted by Gasteiger charge is -2.36. The summed E-state index contributed by atoms with van der Waals surface area (Å²) in [6.07, 6.45) is 3.35. The molecule has 1 aliphatic heterocycles. The molecule has 0 bridgehead atoms. The van der Waals surface area contributed by atoms with Crippen molar-refractivity contribution in [3.05, 3.63) is 23.2 Å². The van der Waals surface area contributed by atoms with Gasteiger partial charge in [-0.3, -0.25) is 0 Å². The van der Waals surface area contributed by atoms with Crippen molar-refractivity contribution in [3.63, 3.8) is 0 Å². The van der Waals surface area contributed by atoms with Crippen molar-refractivity contribution < 1.29 is 12.8 Å². The molecule has 0 radical (unpaired) electrons. The Morgan fingerprint density at radius 2 is 2.12 bits per heavy atom. The minimum absolute atomic E-state index is 0.0389. The Labute approximate surface area is 146 Å². The molecule has 8 heteroatoms. The average molecular weight is 370 g/mol. The third-order valence-corrected chi connectivity index (χ3v) is 7.52. The van der Waals surface area contributed by atoms with Crippen molar-refractivity contribution in [1.82, 2.24) is 9.29 Å². The number of piperidine rings is 1. The summed E-state index contributed by atoms with van der Waals surface area (Å²) in [6.45, 7) is 1.41. The molecule has 0 spiro atoms. The summed E-state index contributed by atoms with van der Waals surface area (Å²) in [6, 6.07) is 5.86. The smallest absolute Gasteiger partial charge is 0.298 e. The highest BCUT2D eigenvalue weighted by Gasteiger charge is 2.42. The van der Waals surface area contributed by atoms with Gasteiger partial charge in [0.25, 0.3) is 6.01 Å². The van der Waals surface area contributed by atoms with Gasteiger partial charge in [-0.25, -0.2) is 8.42 Å². The zero-order valence-electron chi connectivity index (χ0n) is 13.5. The van der Waals surface area contributed by atoms with Crippen LogP contribution in [0.25, 0.3) is 11.1 Å². The zero-order valence-corrected chi connectivity index (χ0v) is 15.1. The first-order valence-electron chi connectivity index (χ1n) is 8.23. The van der Waals surface area contributed by atoms with Gasteiger partial charge in [-0.2, -0.15) is 9.29 Å². The fourth-order valence-corrected chi connectivity index (χ4v) is 5.21. The van der Waals surface area contributed by atoms with E-state index in [-0.39, 0.29) is 11.3 Å². The van der Waals surface area contributed by atoms with E-state index in [1.54, 1.807) is 23.5 Å². The second-order valence-corrected chi connectivity index (χ2v) is 9.32. The Morgan fingerprint density at radius 1 is 1.33 bits per heavy atom. The van der Waals surface area contributed by atoms with E-state index in [9.17, 15) is 8.42 Å². The van der Waals surface area contributed by atoms with Gasteiger partial charge in [0, 0.05) is 37.3 Å². The monoisotopic (exact) mass is 369 g/mol. The van der Waals surface area contributed by atoms with Gasteiger partial charge in [0.2, 0.25) is 10.0 Å². The maximum Gasteiger partial charge on any atom is 0.298 e. The number of likely N-dealkylation sites (N-methyl/N-ethyl adjacent to an activating group) is 1. The van der Waals surface area contributed by atoms with Crippen LogP contribution in [0.3, 0.4) is 0 Å². The van der Waals surface area contributed by atoms with Gasteiger partial charge >= 0.3 is 0 Å². The number of hydrogen-bond acceptors (Lipinski definition) is 5. The molecule has 1 unspecified atom stereocenters. The van der Waals surface area contributed by atoms with Gasteiger partial charge in [-0.15, -0.1) is 0 Å². The minimum Gasteiger partial charge on any atom is -0.423 e. The third kappa shape index (κ3) is 2.89. The Morgan fingerprint density at radius 3 is 2.88 bits per heavy atom. The van der Waals surface area contributed by atoms with E-state index in [0.717, 1.165) is 37.7 Å². The Balaban J connectivity index is 1.55. The standard InChI is InChI=1S/C16H20ClN3O3S/c1-19(24(21,22)13-5-6-13)12-3-2-8-20(10-12)16-18-14-7-4-11(17)9-15(14)23-16/h4,7,9,12-13H,2-3,5-6,8,10H2,1H3. The fourth-order valence-electron chi connectivity index (χ4n) is 3.26. The number of fused-ring (bicyclic) bond motifs is 1. The Bertz CT molecular complexity index is 863. The van der Waals surface area contributed by atoms with Crippen LogP contribution in [-0.4, -0.2) is 49.1 Å². The molecule has 1 saturated carbocycles. The van der Waals surface area contributed by atoms with Crippen molar-refractivity contribution >= 4 is 38.7 Å². The number of halogens is 1. The van der Waals surface area contributed by atoms with Crippen molar-refractivity contribution in [2.75, 3.05) is 25.0 Å². The van der Waals surface area contributed by atoms with E-state index >= 15 is 0 Å². The maximum atomic E-state index is 12.5. The van der Waals surface area contributed by atoms with Gasteiger partial charge in [-0.1, -0.05) is 11.6 Å². The summed E-state index contributed by atoms with van der Waals surface area (Å²) in [5.74, 6) is 0. The maximum absolute atomic E-state index is 12.5. The first-order chi connectivity index (χ1) is 11.4. The summed E-state index contributed by atoms with van der Waals surface area (Å²) in [5, 5.41) is 0.432. The van der Waals surface area contributed by atoms with Gasteiger partial charge in [0.15, 0.2) is 5.58 Å². The first kappa shape index (κ1) is 16.2. The summed E-state index contributed by atoms with van der Waals surface area (Å²) in [5.41, 5.74) is 1.41. The summed E-state index contributed by atoms with van der Waals surface area (Å²) < 4.78 is 32.3. The van der Waals surface area contributed by atoms with E-state index in [1.807, 2.05) is 11.0 Å². The van der Waals surface area contributed by atoms with Crippen LogP contribution in [0.15, 0.2) is 22.6 Å². The number of rotatable bonds is 4. The van der Waals surface area contributed by atoms with Crippen LogP contribution in [0.1, 0.15) is 25.7 Å². The predicted octanol–water partition coefficient (Wildman–Crippen LogP) is 2.87. The first-order valence-corrected chi connectivity index (χ1v) is 10.1. The average Bonchev–Trinajstić information content (AvgIpc) is 3.35. The largest absolute Gasteiger partial charge is 0.423 e. The quantitative estimate of drug-likeness (QED) is 0.829. The molecule has 1 saturated heterocycles. The molecule has 2 aliphatic rings. The second kappa shape index (κ2) is 5.89. The Hall–Kier alpha value is -1.31. The van der Waals surface area contributed by atoms with Crippen molar-refractivity contribution in [2.45, 2.75) is 37.0 Å². The van der Waals surface area contributed by atoms with E-state index in [2.05, 4.69) is 4.98 Å². The highest BCUT2D eigenvalue weighted by atomic mass is 35.5. The van der Waals surface area contributed by atoms with Crippen LogP contribution in [0.5, 0.6) is 0 Å². The highest BCUT2D eigenvalue weighted by molar-refractivity contribution is 7.90. The van der Waals surface area contributed by atoms with E-state index < -0.39 is 10.0 Å². The number of sulfonamides is 1. The van der Waals surface area contributed by atoms with Gasteiger partial charge in [0.1, 0.15) is 5.52 Å². The normalized spacial score (nSPS) is 22.5. The molecule has 130 valence electrons. The molecule has 4 rings (SSSR count). The SMILES string of the molecule is CN(C1CCCN(c2nc3ccc(Cl)cc3o2)C1)S(=O)(=O)C1CC1.